The molecule has 2 aromatic carbocycles. The number of nitrogens with zero attached hydrogens (tertiary/aromatic N) is 4. The first-order chi connectivity index (χ1) is 13.2. The van der Waals surface area contributed by atoms with Crippen LogP contribution in [0.1, 0.15) is 0 Å². The van der Waals surface area contributed by atoms with Gasteiger partial charge in [-0.25, -0.2) is 9.97 Å². The van der Waals surface area contributed by atoms with Crippen molar-refractivity contribution in [3.8, 4) is 11.4 Å². The maximum absolute atomic E-state index is 6.00. The second-order valence-corrected chi connectivity index (χ2v) is 6.92. The predicted octanol–water partition coefficient (Wildman–Crippen LogP) is 3.21. The van der Waals surface area contributed by atoms with Crippen molar-refractivity contribution in [3.63, 3.8) is 0 Å². The molecule has 0 aliphatic carbocycles. The van der Waals surface area contributed by atoms with Gasteiger partial charge in [0.05, 0.1) is 18.7 Å². The highest BCUT2D eigenvalue weighted by Gasteiger charge is 2.19. The number of morpholine rings is 1. The number of benzene rings is 2. The smallest absolute Gasteiger partial charge is 0.162 e. The number of rotatable bonds is 2. The van der Waals surface area contributed by atoms with E-state index in [-0.39, 0.29) is 0 Å². The van der Waals surface area contributed by atoms with Gasteiger partial charge in [0, 0.05) is 53.9 Å². The van der Waals surface area contributed by atoms with E-state index in [1.807, 2.05) is 24.3 Å². The molecular weight excluding hydrogens is 338 g/mol. The van der Waals surface area contributed by atoms with Gasteiger partial charge in [0.15, 0.2) is 5.82 Å². The third-order valence-corrected chi connectivity index (χ3v) is 5.16. The molecule has 0 atom stereocenters. The van der Waals surface area contributed by atoms with E-state index in [4.69, 9.17) is 20.4 Å². The van der Waals surface area contributed by atoms with Gasteiger partial charge in [-0.15, -0.1) is 0 Å². The van der Waals surface area contributed by atoms with Gasteiger partial charge >= 0.3 is 0 Å². The van der Waals surface area contributed by atoms with Crippen molar-refractivity contribution in [2.24, 2.45) is 7.05 Å². The molecule has 0 radical (unpaired) electrons. The van der Waals surface area contributed by atoms with Gasteiger partial charge in [0.2, 0.25) is 0 Å². The summed E-state index contributed by atoms with van der Waals surface area (Å²) in [6.07, 6.45) is 2.07. The Morgan fingerprint density at radius 2 is 1.85 bits per heavy atom. The van der Waals surface area contributed by atoms with Gasteiger partial charge in [-0.1, -0.05) is 12.1 Å². The second kappa shape index (κ2) is 6.25. The molecule has 1 aliphatic heterocycles. The minimum absolute atomic E-state index is 0.702. The first kappa shape index (κ1) is 16.1. The normalized spacial score (nSPS) is 14.9. The Labute approximate surface area is 157 Å². The molecular formula is C21H21N5O. The molecule has 1 aliphatic rings. The fourth-order valence-corrected chi connectivity index (χ4v) is 3.75. The highest BCUT2D eigenvalue weighted by Crippen LogP contribution is 2.33. The van der Waals surface area contributed by atoms with E-state index >= 15 is 0 Å². The summed E-state index contributed by atoms with van der Waals surface area (Å²) < 4.78 is 7.65. The molecule has 27 heavy (non-hydrogen) atoms. The Morgan fingerprint density at radius 1 is 1.00 bits per heavy atom. The standard InChI is InChI=1S/C21H21N5O/c1-25-8-7-16-18(25)6-5-17-19(16)23-20(14-3-2-4-15(22)13-14)24-21(17)26-9-11-27-12-10-26/h2-8,13H,9-12,22H2,1H3. The molecule has 136 valence electrons. The molecule has 3 heterocycles. The lowest BCUT2D eigenvalue weighted by atomic mass is 10.1. The number of hydrogen-bond donors (Lipinski definition) is 1. The van der Waals surface area contributed by atoms with Gasteiger partial charge in [0.1, 0.15) is 5.82 Å². The number of fused-ring (bicyclic) bond motifs is 3. The lowest BCUT2D eigenvalue weighted by Crippen LogP contribution is -2.37. The largest absolute Gasteiger partial charge is 0.399 e. The van der Waals surface area contributed by atoms with E-state index in [2.05, 4.69) is 40.9 Å². The Balaban J connectivity index is 1.81. The van der Waals surface area contributed by atoms with E-state index in [1.54, 1.807) is 0 Å². The van der Waals surface area contributed by atoms with Crippen LogP contribution in [0.3, 0.4) is 0 Å². The lowest BCUT2D eigenvalue weighted by molar-refractivity contribution is 0.122. The van der Waals surface area contributed by atoms with Crippen LogP contribution < -0.4 is 10.6 Å². The quantitative estimate of drug-likeness (QED) is 0.557. The maximum Gasteiger partial charge on any atom is 0.162 e. The Bertz CT molecular complexity index is 1140. The van der Waals surface area contributed by atoms with Gasteiger partial charge in [0.25, 0.3) is 0 Å². The van der Waals surface area contributed by atoms with E-state index < -0.39 is 0 Å². The molecule has 0 saturated carbocycles. The zero-order valence-corrected chi connectivity index (χ0v) is 15.2. The molecule has 0 amide bonds. The van der Waals surface area contributed by atoms with Crippen molar-refractivity contribution in [1.29, 1.82) is 0 Å². The van der Waals surface area contributed by atoms with Gasteiger partial charge in [-0.2, -0.15) is 0 Å². The number of nitrogens with two attached hydrogens (primary N) is 1. The van der Waals surface area contributed by atoms with Crippen molar-refractivity contribution >= 4 is 33.3 Å². The summed E-state index contributed by atoms with van der Waals surface area (Å²) in [5.74, 6) is 1.67. The van der Waals surface area contributed by atoms with Crippen molar-refractivity contribution in [1.82, 2.24) is 14.5 Å². The van der Waals surface area contributed by atoms with E-state index in [1.165, 1.54) is 0 Å². The summed E-state index contributed by atoms with van der Waals surface area (Å²) in [6.45, 7) is 3.09. The Kier molecular flexibility index (Phi) is 3.72. The highest BCUT2D eigenvalue weighted by molar-refractivity contribution is 6.08. The molecule has 1 fully saturated rings. The van der Waals surface area contributed by atoms with Crippen LogP contribution in [0.2, 0.25) is 0 Å². The van der Waals surface area contributed by atoms with Gasteiger partial charge in [-0.3, -0.25) is 0 Å². The van der Waals surface area contributed by atoms with Crippen LogP contribution in [-0.2, 0) is 11.8 Å². The van der Waals surface area contributed by atoms with E-state index in [9.17, 15) is 0 Å². The molecule has 6 nitrogen and oxygen atoms in total. The first-order valence-corrected chi connectivity index (χ1v) is 9.15. The average molecular weight is 359 g/mol. The minimum atomic E-state index is 0.702. The molecule has 1 saturated heterocycles. The van der Waals surface area contributed by atoms with Crippen molar-refractivity contribution < 1.29 is 4.74 Å². The number of anilines is 2. The molecule has 2 aromatic heterocycles. The maximum atomic E-state index is 6.00. The van der Waals surface area contributed by atoms with Crippen LogP contribution in [0.4, 0.5) is 11.5 Å². The van der Waals surface area contributed by atoms with Gasteiger partial charge in [-0.05, 0) is 30.3 Å². The summed E-state index contributed by atoms with van der Waals surface area (Å²) >= 11 is 0. The van der Waals surface area contributed by atoms with Crippen LogP contribution in [0, 0.1) is 0 Å². The molecule has 5 rings (SSSR count). The number of aromatic nitrogens is 3. The Morgan fingerprint density at radius 3 is 2.67 bits per heavy atom. The van der Waals surface area contributed by atoms with Crippen molar-refractivity contribution in [3.05, 3.63) is 48.7 Å². The third-order valence-electron chi connectivity index (χ3n) is 5.16. The van der Waals surface area contributed by atoms with Crippen LogP contribution in [0.5, 0.6) is 0 Å². The molecule has 2 N–H and O–H groups in total. The predicted molar refractivity (Wildman–Crippen MR) is 109 cm³/mol. The monoisotopic (exact) mass is 359 g/mol. The zero-order chi connectivity index (χ0) is 18.4. The topological polar surface area (TPSA) is 69.2 Å². The molecule has 0 bridgehead atoms. The summed E-state index contributed by atoms with van der Waals surface area (Å²) in [5.41, 5.74) is 9.77. The fraction of sp³-hybridized carbons (Fsp3) is 0.238. The third kappa shape index (κ3) is 2.69. The highest BCUT2D eigenvalue weighted by atomic mass is 16.5. The van der Waals surface area contributed by atoms with Crippen LogP contribution in [0.25, 0.3) is 33.2 Å². The van der Waals surface area contributed by atoms with Crippen molar-refractivity contribution in [2.45, 2.75) is 0 Å². The summed E-state index contributed by atoms with van der Waals surface area (Å²) in [5, 5.41) is 2.21. The average Bonchev–Trinajstić information content (AvgIpc) is 3.09. The second-order valence-electron chi connectivity index (χ2n) is 6.92. The van der Waals surface area contributed by atoms with Crippen LogP contribution >= 0.6 is 0 Å². The number of nitrogen functional groups attached to an aromatic ring is 1. The first-order valence-electron chi connectivity index (χ1n) is 9.15. The lowest BCUT2D eigenvalue weighted by Gasteiger charge is -2.29. The van der Waals surface area contributed by atoms with Crippen LogP contribution in [-0.4, -0.2) is 40.8 Å². The van der Waals surface area contributed by atoms with Gasteiger partial charge < -0.3 is 19.9 Å². The number of hydrogen-bond acceptors (Lipinski definition) is 5. The number of ether oxygens (including phenoxy) is 1. The van der Waals surface area contributed by atoms with E-state index in [0.717, 1.165) is 46.3 Å². The summed E-state index contributed by atoms with van der Waals surface area (Å²) in [6, 6.07) is 14.1. The molecule has 4 aromatic rings. The summed E-state index contributed by atoms with van der Waals surface area (Å²) in [7, 11) is 2.05. The number of aryl methyl sites for hydroxylation is 1. The fourth-order valence-electron chi connectivity index (χ4n) is 3.75. The summed E-state index contributed by atoms with van der Waals surface area (Å²) in [4.78, 5) is 12.2. The molecule has 0 spiro atoms. The molecule has 0 unspecified atom stereocenters. The van der Waals surface area contributed by atoms with Crippen LogP contribution in [0.15, 0.2) is 48.7 Å². The minimum Gasteiger partial charge on any atom is -0.399 e. The Hall–Kier alpha value is -3.12. The molecule has 6 heteroatoms. The van der Waals surface area contributed by atoms with E-state index in [0.29, 0.717) is 24.7 Å². The SMILES string of the molecule is Cn1ccc2c3nc(-c4cccc(N)c4)nc(N4CCOCC4)c3ccc21. The van der Waals surface area contributed by atoms with Crippen molar-refractivity contribution in [2.75, 3.05) is 36.9 Å². The zero-order valence-electron chi connectivity index (χ0n) is 15.2.